The maximum atomic E-state index is 6.53. The summed E-state index contributed by atoms with van der Waals surface area (Å²) in [5.74, 6) is 0. The van der Waals surface area contributed by atoms with Crippen molar-refractivity contribution in [3.63, 3.8) is 0 Å². The lowest BCUT2D eigenvalue weighted by Crippen LogP contribution is -2.13. The van der Waals surface area contributed by atoms with Gasteiger partial charge < -0.3 is 0 Å². The third-order valence-electron chi connectivity index (χ3n) is 2.65. The molecule has 0 aliphatic heterocycles. The summed E-state index contributed by atoms with van der Waals surface area (Å²) in [5, 5.41) is 0. The van der Waals surface area contributed by atoms with Crippen LogP contribution in [0.1, 0.15) is 37.5 Å². The van der Waals surface area contributed by atoms with Crippen LogP contribution in [0.3, 0.4) is 0 Å². The minimum Gasteiger partial charge on any atom is -0.110 e. The van der Waals surface area contributed by atoms with Crippen LogP contribution in [0.5, 0.6) is 0 Å². The van der Waals surface area contributed by atoms with Gasteiger partial charge in [-0.05, 0) is 38.3 Å². The Morgan fingerprint density at radius 3 is 2.60 bits per heavy atom. The first-order valence-corrected chi connectivity index (χ1v) is 5.81. The first-order valence-electron chi connectivity index (χ1n) is 5.44. The summed E-state index contributed by atoms with van der Waals surface area (Å²) in [6, 6.07) is 6.51. The number of allylic oxidation sites excluding steroid dienone is 2. The molecule has 0 aromatic heterocycles. The highest BCUT2D eigenvalue weighted by atomic mass is 35.5. The van der Waals surface area contributed by atoms with Crippen molar-refractivity contribution >= 4 is 11.6 Å². The van der Waals surface area contributed by atoms with E-state index in [2.05, 4.69) is 32.0 Å². The molecule has 0 spiro atoms. The quantitative estimate of drug-likeness (QED) is 0.519. The van der Waals surface area contributed by atoms with Gasteiger partial charge in [0.2, 0.25) is 0 Å². The van der Waals surface area contributed by atoms with E-state index in [-0.39, 0.29) is 4.87 Å². The maximum absolute atomic E-state index is 6.53. The smallest absolute Gasteiger partial charge is 0.0849 e. The third kappa shape index (κ3) is 2.85. The van der Waals surface area contributed by atoms with Crippen LogP contribution in [0.2, 0.25) is 0 Å². The van der Waals surface area contributed by atoms with Crippen LogP contribution in [-0.4, -0.2) is 0 Å². The number of rotatable bonds is 3. The zero-order valence-corrected chi connectivity index (χ0v) is 10.7. The molecular weight excluding hydrogens is 204 g/mol. The first kappa shape index (κ1) is 12.3. The Hall–Kier alpha value is -0.750. The Labute approximate surface area is 98.0 Å². The summed E-state index contributed by atoms with van der Waals surface area (Å²) >= 11 is 6.53. The fourth-order valence-corrected chi connectivity index (χ4v) is 2.16. The first-order chi connectivity index (χ1) is 7.01. The van der Waals surface area contributed by atoms with Crippen molar-refractivity contribution in [3.05, 3.63) is 47.0 Å². The second-order valence-electron chi connectivity index (χ2n) is 4.09. The van der Waals surface area contributed by atoms with Crippen molar-refractivity contribution in [3.8, 4) is 0 Å². The molecule has 0 aliphatic carbocycles. The van der Waals surface area contributed by atoms with Crippen LogP contribution >= 0.6 is 11.6 Å². The largest absolute Gasteiger partial charge is 0.110 e. The number of hydrogen-bond acceptors (Lipinski definition) is 0. The van der Waals surface area contributed by atoms with Crippen LogP contribution in [0.15, 0.2) is 30.4 Å². The Bertz CT molecular complexity index is 362. The van der Waals surface area contributed by atoms with Crippen LogP contribution in [-0.2, 0) is 11.3 Å². The fourth-order valence-electron chi connectivity index (χ4n) is 1.86. The molecule has 1 atom stereocenters. The van der Waals surface area contributed by atoms with Gasteiger partial charge >= 0.3 is 0 Å². The second-order valence-corrected chi connectivity index (χ2v) is 4.87. The van der Waals surface area contributed by atoms with Gasteiger partial charge in [-0.1, -0.05) is 42.8 Å². The zero-order chi connectivity index (χ0) is 11.5. The van der Waals surface area contributed by atoms with Crippen LogP contribution in [0, 0.1) is 6.92 Å². The van der Waals surface area contributed by atoms with E-state index in [1.165, 1.54) is 16.7 Å². The van der Waals surface area contributed by atoms with Gasteiger partial charge in [-0.25, -0.2) is 0 Å². The number of hydrogen-bond donors (Lipinski definition) is 0. The normalized spacial score (nSPS) is 15.5. The number of benzene rings is 1. The summed E-state index contributed by atoms with van der Waals surface area (Å²) in [4.78, 5) is -0.383. The highest BCUT2D eigenvalue weighted by Gasteiger charge is 2.22. The lowest BCUT2D eigenvalue weighted by Gasteiger charge is -2.22. The molecule has 0 radical (unpaired) electrons. The Morgan fingerprint density at radius 1 is 1.40 bits per heavy atom. The molecule has 0 bridgehead atoms. The van der Waals surface area contributed by atoms with Gasteiger partial charge in [0.1, 0.15) is 0 Å². The Morgan fingerprint density at radius 2 is 2.07 bits per heavy atom. The highest BCUT2D eigenvalue weighted by Crippen LogP contribution is 2.33. The van der Waals surface area contributed by atoms with Gasteiger partial charge in [0, 0.05) is 0 Å². The van der Waals surface area contributed by atoms with E-state index in [4.69, 9.17) is 11.6 Å². The predicted molar refractivity (Wildman–Crippen MR) is 68.6 cm³/mol. The van der Waals surface area contributed by atoms with E-state index in [9.17, 15) is 0 Å². The molecule has 0 saturated carbocycles. The van der Waals surface area contributed by atoms with E-state index in [1.807, 2.05) is 26.0 Å². The molecule has 0 aliphatic rings. The van der Waals surface area contributed by atoms with Crippen molar-refractivity contribution in [2.45, 2.75) is 39.0 Å². The molecule has 0 saturated heterocycles. The Kier molecular flexibility index (Phi) is 3.98. The summed E-state index contributed by atoms with van der Waals surface area (Å²) in [5.41, 5.74) is 3.82. The third-order valence-corrected chi connectivity index (χ3v) is 2.98. The molecule has 1 rings (SSSR count). The topological polar surface area (TPSA) is 0 Å². The molecule has 0 heterocycles. The minimum absolute atomic E-state index is 0.383. The van der Waals surface area contributed by atoms with E-state index >= 15 is 0 Å². The molecule has 1 heteroatoms. The summed E-state index contributed by atoms with van der Waals surface area (Å²) in [6.07, 6.45) is 5.08. The maximum Gasteiger partial charge on any atom is 0.0849 e. The van der Waals surface area contributed by atoms with Gasteiger partial charge in [0.15, 0.2) is 0 Å². The molecule has 0 fully saturated rings. The molecular formula is C14H19Cl. The lowest BCUT2D eigenvalue weighted by atomic mass is 9.91. The van der Waals surface area contributed by atoms with Crippen molar-refractivity contribution < 1.29 is 0 Å². The molecule has 0 nitrogen and oxygen atoms in total. The van der Waals surface area contributed by atoms with E-state index in [0.717, 1.165) is 6.42 Å². The Balaban J connectivity index is 3.27. The van der Waals surface area contributed by atoms with Crippen LogP contribution < -0.4 is 0 Å². The summed E-state index contributed by atoms with van der Waals surface area (Å²) in [6.45, 7) is 8.31. The number of halogens is 1. The highest BCUT2D eigenvalue weighted by molar-refractivity contribution is 6.25. The molecule has 0 amide bonds. The minimum atomic E-state index is -0.383. The second kappa shape index (κ2) is 4.85. The van der Waals surface area contributed by atoms with Gasteiger partial charge in [0.05, 0.1) is 4.87 Å². The summed E-state index contributed by atoms with van der Waals surface area (Å²) in [7, 11) is 0. The van der Waals surface area contributed by atoms with Crippen LogP contribution in [0.25, 0.3) is 0 Å². The monoisotopic (exact) mass is 222 g/mol. The SMILES string of the molecule is C/C=C\C(C)(Cl)c1cc(C)ccc1CC. The summed E-state index contributed by atoms with van der Waals surface area (Å²) < 4.78 is 0. The van der Waals surface area contributed by atoms with Gasteiger partial charge in [-0.15, -0.1) is 11.6 Å². The molecule has 0 N–H and O–H groups in total. The van der Waals surface area contributed by atoms with Gasteiger partial charge in [-0.2, -0.15) is 0 Å². The average molecular weight is 223 g/mol. The molecule has 82 valence electrons. The van der Waals surface area contributed by atoms with Crippen molar-refractivity contribution in [2.75, 3.05) is 0 Å². The molecule has 1 aromatic carbocycles. The molecule has 1 aromatic rings. The van der Waals surface area contributed by atoms with Crippen molar-refractivity contribution in [2.24, 2.45) is 0 Å². The van der Waals surface area contributed by atoms with E-state index in [1.54, 1.807) is 0 Å². The van der Waals surface area contributed by atoms with Crippen molar-refractivity contribution in [1.29, 1.82) is 0 Å². The number of alkyl halides is 1. The number of aryl methyl sites for hydroxylation is 2. The van der Waals surface area contributed by atoms with Crippen molar-refractivity contribution in [1.82, 2.24) is 0 Å². The average Bonchev–Trinajstić information content (AvgIpc) is 2.17. The van der Waals surface area contributed by atoms with E-state index in [0.29, 0.717) is 0 Å². The fraction of sp³-hybridized carbons (Fsp3) is 0.429. The standard InChI is InChI=1S/C14H19Cl/c1-5-9-14(4,15)13-10-11(3)7-8-12(13)6-2/h5,7-10H,6H2,1-4H3/b9-5-. The molecule has 1 unspecified atom stereocenters. The van der Waals surface area contributed by atoms with Gasteiger partial charge in [0.25, 0.3) is 0 Å². The predicted octanol–water partition coefficient (Wildman–Crippen LogP) is 4.59. The molecule has 15 heavy (non-hydrogen) atoms. The van der Waals surface area contributed by atoms with E-state index < -0.39 is 0 Å². The van der Waals surface area contributed by atoms with Crippen LogP contribution in [0.4, 0.5) is 0 Å². The zero-order valence-electron chi connectivity index (χ0n) is 9.97. The lowest BCUT2D eigenvalue weighted by molar-refractivity contribution is 0.835. The van der Waals surface area contributed by atoms with Gasteiger partial charge in [-0.3, -0.25) is 0 Å².